The zero-order valence-corrected chi connectivity index (χ0v) is 18.2. The van der Waals surface area contributed by atoms with Crippen LogP contribution in [0.15, 0.2) is 70.5 Å². The second-order valence-electron chi connectivity index (χ2n) is 7.61. The highest BCUT2D eigenvalue weighted by atomic mass is 32.2. The van der Waals surface area contributed by atoms with E-state index in [-0.39, 0.29) is 11.8 Å². The Morgan fingerprint density at radius 3 is 2.30 bits per heavy atom. The lowest BCUT2D eigenvalue weighted by Crippen LogP contribution is -2.39. The van der Waals surface area contributed by atoms with Crippen molar-refractivity contribution in [2.45, 2.75) is 36.5 Å². The first-order valence-corrected chi connectivity index (χ1v) is 11.1. The quantitative estimate of drug-likeness (QED) is 0.625. The van der Waals surface area contributed by atoms with Gasteiger partial charge in [-0.3, -0.25) is 4.79 Å². The number of para-hydroxylation sites is 1. The van der Waals surface area contributed by atoms with Gasteiger partial charge in [0.15, 0.2) is 0 Å². The molecule has 5 nitrogen and oxygen atoms in total. The molecule has 1 saturated heterocycles. The van der Waals surface area contributed by atoms with Crippen molar-refractivity contribution in [1.82, 2.24) is 9.97 Å². The van der Waals surface area contributed by atoms with Gasteiger partial charge in [-0.05, 0) is 57.0 Å². The minimum absolute atomic E-state index is 0.00179. The molecule has 0 bridgehead atoms. The van der Waals surface area contributed by atoms with Crippen LogP contribution in [-0.4, -0.2) is 29.0 Å². The van der Waals surface area contributed by atoms with E-state index >= 15 is 0 Å². The molecule has 1 aliphatic rings. The molecule has 0 saturated carbocycles. The van der Waals surface area contributed by atoms with E-state index in [0.29, 0.717) is 0 Å². The van der Waals surface area contributed by atoms with Gasteiger partial charge >= 0.3 is 0 Å². The Morgan fingerprint density at radius 2 is 1.60 bits per heavy atom. The van der Waals surface area contributed by atoms with Crippen molar-refractivity contribution < 1.29 is 4.79 Å². The third-order valence-electron chi connectivity index (χ3n) is 5.24. The Bertz CT molecular complexity index is 996. The molecule has 6 heteroatoms. The van der Waals surface area contributed by atoms with Gasteiger partial charge in [0.25, 0.3) is 0 Å². The zero-order valence-electron chi connectivity index (χ0n) is 17.3. The maximum Gasteiger partial charge on any atom is 0.227 e. The van der Waals surface area contributed by atoms with Crippen LogP contribution in [0.25, 0.3) is 0 Å². The number of nitrogens with zero attached hydrogens (tertiary/aromatic N) is 3. The van der Waals surface area contributed by atoms with Crippen molar-refractivity contribution in [2.24, 2.45) is 5.92 Å². The van der Waals surface area contributed by atoms with E-state index in [1.54, 1.807) is 11.8 Å². The largest absolute Gasteiger partial charge is 0.341 e. The fourth-order valence-corrected chi connectivity index (χ4v) is 4.62. The molecule has 0 radical (unpaired) electrons. The topological polar surface area (TPSA) is 58.1 Å². The second-order valence-corrected chi connectivity index (χ2v) is 8.73. The number of carbonyl (C=O) groups excluding carboxylic acids is 1. The van der Waals surface area contributed by atoms with E-state index in [1.807, 2.05) is 62.4 Å². The molecule has 3 aromatic rings. The molecule has 1 aromatic heterocycles. The normalized spacial score (nSPS) is 14.5. The number of amides is 1. The van der Waals surface area contributed by atoms with Gasteiger partial charge in [-0.1, -0.05) is 42.1 Å². The number of benzene rings is 2. The maximum absolute atomic E-state index is 13.0. The third kappa shape index (κ3) is 5.00. The summed E-state index contributed by atoms with van der Waals surface area (Å²) in [5.74, 6) is 0.870. The Kier molecular flexibility index (Phi) is 6.33. The van der Waals surface area contributed by atoms with Crippen LogP contribution in [0.1, 0.15) is 24.2 Å². The van der Waals surface area contributed by atoms with Crippen molar-refractivity contribution in [3.8, 4) is 0 Å². The summed E-state index contributed by atoms with van der Waals surface area (Å²) < 4.78 is 0. The molecule has 1 N–H and O–H groups in total. The smallest absolute Gasteiger partial charge is 0.227 e. The van der Waals surface area contributed by atoms with Crippen molar-refractivity contribution in [3.05, 3.63) is 72.1 Å². The van der Waals surface area contributed by atoms with E-state index in [0.717, 1.165) is 58.7 Å². The molecule has 2 aromatic carbocycles. The molecule has 0 aliphatic carbocycles. The second kappa shape index (κ2) is 9.30. The number of hydrogen-bond donors (Lipinski definition) is 1. The minimum Gasteiger partial charge on any atom is -0.341 e. The van der Waals surface area contributed by atoms with E-state index in [4.69, 9.17) is 0 Å². The molecular weight excluding hydrogens is 392 g/mol. The van der Waals surface area contributed by atoms with E-state index < -0.39 is 0 Å². The fourth-order valence-electron chi connectivity index (χ4n) is 3.70. The van der Waals surface area contributed by atoms with Crippen LogP contribution in [0.5, 0.6) is 0 Å². The first-order chi connectivity index (χ1) is 14.6. The monoisotopic (exact) mass is 418 g/mol. The Hall–Kier alpha value is -2.86. The molecule has 2 heterocycles. The summed E-state index contributed by atoms with van der Waals surface area (Å²) in [6.07, 6.45) is 1.60. The van der Waals surface area contributed by atoms with Gasteiger partial charge in [-0.25, -0.2) is 9.97 Å². The summed E-state index contributed by atoms with van der Waals surface area (Å²) in [5, 5.41) is 3.16. The summed E-state index contributed by atoms with van der Waals surface area (Å²) in [5.41, 5.74) is 2.83. The fraction of sp³-hybridized carbons (Fsp3) is 0.292. The van der Waals surface area contributed by atoms with Crippen LogP contribution in [0.3, 0.4) is 0 Å². The van der Waals surface area contributed by atoms with Gasteiger partial charge in [-0.15, -0.1) is 0 Å². The summed E-state index contributed by atoms with van der Waals surface area (Å²) in [7, 11) is 0. The lowest BCUT2D eigenvalue weighted by atomic mass is 9.96. The van der Waals surface area contributed by atoms with Crippen LogP contribution >= 0.6 is 11.8 Å². The Morgan fingerprint density at radius 1 is 0.967 bits per heavy atom. The highest BCUT2D eigenvalue weighted by Gasteiger charge is 2.26. The summed E-state index contributed by atoms with van der Waals surface area (Å²) in [4.78, 5) is 26.5. The van der Waals surface area contributed by atoms with E-state index in [2.05, 4.69) is 32.3 Å². The lowest BCUT2D eigenvalue weighted by molar-refractivity contribution is -0.120. The van der Waals surface area contributed by atoms with Crippen LogP contribution in [0.4, 0.5) is 11.6 Å². The number of rotatable bonds is 5. The highest BCUT2D eigenvalue weighted by molar-refractivity contribution is 7.99. The lowest BCUT2D eigenvalue weighted by Gasteiger charge is -2.31. The predicted octanol–water partition coefficient (Wildman–Crippen LogP) is 5.10. The van der Waals surface area contributed by atoms with E-state index in [9.17, 15) is 4.79 Å². The first kappa shape index (κ1) is 20.4. The van der Waals surface area contributed by atoms with Gasteiger partial charge in [0.1, 0.15) is 0 Å². The number of aromatic nitrogens is 2. The standard InChI is InChI=1S/C24H26N4OS/c1-17-16-18(2)26-24(25-17)28-14-12-19(13-15-28)23(29)27-21-10-6-7-11-22(21)30-20-8-4-3-5-9-20/h3-11,16,19H,12-15H2,1-2H3,(H,27,29). The predicted molar refractivity (Wildman–Crippen MR) is 122 cm³/mol. The number of anilines is 2. The third-order valence-corrected chi connectivity index (χ3v) is 6.32. The van der Waals surface area contributed by atoms with Crippen LogP contribution in [0.2, 0.25) is 0 Å². The van der Waals surface area contributed by atoms with Crippen molar-refractivity contribution in [2.75, 3.05) is 23.3 Å². The molecular formula is C24H26N4OS. The average molecular weight is 419 g/mol. The number of nitrogens with one attached hydrogen (secondary N) is 1. The number of carbonyl (C=O) groups is 1. The number of hydrogen-bond acceptors (Lipinski definition) is 5. The molecule has 0 unspecified atom stereocenters. The molecule has 1 fully saturated rings. The molecule has 154 valence electrons. The van der Waals surface area contributed by atoms with Crippen molar-refractivity contribution in [3.63, 3.8) is 0 Å². The van der Waals surface area contributed by atoms with Crippen molar-refractivity contribution in [1.29, 1.82) is 0 Å². The van der Waals surface area contributed by atoms with Crippen LogP contribution in [0, 0.1) is 19.8 Å². The SMILES string of the molecule is Cc1cc(C)nc(N2CCC(C(=O)Nc3ccccc3Sc3ccccc3)CC2)n1. The minimum atomic E-state index is 0.00179. The molecule has 1 aliphatic heterocycles. The van der Waals surface area contributed by atoms with Crippen LogP contribution < -0.4 is 10.2 Å². The van der Waals surface area contributed by atoms with Gasteiger partial charge in [0.2, 0.25) is 11.9 Å². The molecule has 0 atom stereocenters. The van der Waals surface area contributed by atoms with Gasteiger partial charge < -0.3 is 10.2 Å². The summed E-state index contributed by atoms with van der Waals surface area (Å²) in [6.45, 7) is 5.56. The first-order valence-electron chi connectivity index (χ1n) is 10.3. The molecule has 1 amide bonds. The van der Waals surface area contributed by atoms with Crippen LogP contribution in [-0.2, 0) is 4.79 Å². The molecule has 30 heavy (non-hydrogen) atoms. The Balaban J connectivity index is 1.38. The van der Waals surface area contributed by atoms with Crippen molar-refractivity contribution >= 4 is 29.3 Å². The maximum atomic E-state index is 13.0. The average Bonchev–Trinajstić information content (AvgIpc) is 2.75. The zero-order chi connectivity index (χ0) is 20.9. The van der Waals surface area contributed by atoms with E-state index in [1.165, 1.54) is 0 Å². The summed E-state index contributed by atoms with van der Waals surface area (Å²) >= 11 is 1.66. The van der Waals surface area contributed by atoms with Gasteiger partial charge in [-0.2, -0.15) is 0 Å². The summed E-state index contributed by atoms with van der Waals surface area (Å²) in [6, 6.07) is 20.2. The van der Waals surface area contributed by atoms with Gasteiger partial charge in [0, 0.05) is 40.2 Å². The number of piperidine rings is 1. The Labute approximate surface area is 181 Å². The molecule has 0 spiro atoms. The number of aryl methyl sites for hydroxylation is 2. The van der Waals surface area contributed by atoms with Gasteiger partial charge in [0.05, 0.1) is 5.69 Å². The molecule has 4 rings (SSSR count). The highest BCUT2D eigenvalue weighted by Crippen LogP contribution is 2.34.